The van der Waals surface area contributed by atoms with E-state index in [2.05, 4.69) is 10.6 Å². The summed E-state index contributed by atoms with van der Waals surface area (Å²) in [6.07, 6.45) is -1.26. The van der Waals surface area contributed by atoms with E-state index < -0.39 is 72.6 Å². The van der Waals surface area contributed by atoms with Crippen LogP contribution in [0.2, 0.25) is 0 Å². The van der Waals surface area contributed by atoms with Gasteiger partial charge in [-0.25, -0.2) is 4.79 Å². The summed E-state index contributed by atoms with van der Waals surface area (Å²) >= 11 is 0. The molecule has 9 N–H and O–H groups in total. The summed E-state index contributed by atoms with van der Waals surface area (Å²) in [5.74, 6) is -6.30. The van der Waals surface area contributed by atoms with Gasteiger partial charge in [-0.1, -0.05) is 0 Å². The number of aliphatic carboxylic acids is 2. The van der Waals surface area contributed by atoms with Crippen molar-refractivity contribution < 1.29 is 39.0 Å². The Bertz CT molecular complexity index is 623. The second kappa shape index (κ2) is 10.7. The van der Waals surface area contributed by atoms with Crippen molar-refractivity contribution in [1.82, 2.24) is 16.0 Å². The van der Waals surface area contributed by atoms with Crippen LogP contribution in [0.25, 0.3) is 0 Å². The number of carbonyl (C=O) groups is 6. The third-order valence-electron chi connectivity index (χ3n) is 3.26. The van der Waals surface area contributed by atoms with Gasteiger partial charge in [-0.3, -0.25) is 24.0 Å². The molecule has 4 amide bonds. The van der Waals surface area contributed by atoms with Crippen LogP contribution in [0, 0.1) is 0 Å². The molecule has 4 atom stereocenters. The van der Waals surface area contributed by atoms with Crippen molar-refractivity contribution >= 4 is 35.6 Å². The average Bonchev–Trinajstić information content (AvgIpc) is 2.52. The normalized spacial score (nSPS) is 14.8. The maximum absolute atomic E-state index is 12.0. The minimum absolute atomic E-state index is 0.418. The molecule has 0 spiro atoms. The van der Waals surface area contributed by atoms with Gasteiger partial charge >= 0.3 is 11.9 Å². The highest BCUT2D eigenvalue weighted by Gasteiger charge is 2.27. The van der Waals surface area contributed by atoms with E-state index in [-0.39, 0.29) is 0 Å². The van der Waals surface area contributed by atoms with Crippen LogP contribution in [-0.2, 0) is 28.8 Å². The lowest BCUT2D eigenvalue weighted by Gasteiger charge is -2.21. The molecule has 0 fully saturated rings. The van der Waals surface area contributed by atoms with Crippen molar-refractivity contribution in [2.45, 2.75) is 50.9 Å². The molecule has 0 heterocycles. The number of rotatable bonds is 11. The lowest BCUT2D eigenvalue weighted by Crippen LogP contribution is -2.55. The summed E-state index contributed by atoms with van der Waals surface area (Å²) < 4.78 is 0. The van der Waals surface area contributed by atoms with Gasteiger partial charge < -0.3 is 37.6 Å². The van der Waals surface area contributed by atoms with E-state index >= 15 is 0 Å². The van der Waals surface area contributed by atoms with Crippen LogP contribution in [-0.4, -0.2) is 69.9 Å². The molecule has 0 saturated carbocycles. The first-order chi connectivity index (χ1) is 12.3. The second-order valence-electron chi connectivity index (χ2n) is 5.73. The summed E-state index contributed by atoms with van der Waals surface area (Å²) in [4.78, 5) is 67.8. The Morgan fingerprint density at radius 1 is 0.815 bits per heavy atom. The van der Waals surface area contributed by atoms with Crippen molar-refractivity contribution in [3.8, 4) is 0 Å². The number of hydrogen-bond acceptors (Lipinski definition) is 7. The smallest absolute Gasteiger partial charge is 0.326 e. The maximum atomic E-state index is 12.0. The highest BCUT2D eigenvalue weighted by molar-refractivity contribution is 5.95. The molecule has 0 aromatic carbocycles. The molecule has 4 unspecified atom stereocenters. The molecular weight excluding hydrogens is 366 g/mol. The number of nitrogens with one attached hydrogen (secondary N) is 3. The van der Waals surface area contributed by atoms with Gasteiger partial charge in [0, 0.05) is 0 Å². The summed E-state index contributed by atoms with van der Waals surface area (Å²) in [5.41, 5.74) is 10.3. The van der Waals surface area contributed by atoms with E-state index in [0.29, 0.717) is 0 Å². The van der Waals surface area contributed by atoms with Gasteiger partial charge in [-0.15, -0.1) is 0 Å². The Morgan fingerprint density at radius 2 is 1.26 bits per heavy atom. The van der Waals surface area contributed by atoms with Crippen molar-refractivity contribution in [2.24, 2.45) is 11.5 Å². The lowest BCUT2D eigenvalue weighted by atomic mass is 10.1. The van der Waals surface area contributed by atoms with Crippen molar-refractivity contribution in [3.05, 3.63) is 0 Å². The molecule has 0 aliphatic rings. The van der Waals surface area contributed by atoms with Gasteiger partial charge in [-0.2, -0.15) is 0 Å². The van der Waals surface area contributed by atoms with Gasteiger partial charge in [0.15, 0.2) is 0 Å². The predicted octanol–water partition coefficient (Wildman–Crippen LogP) is -3.76. The van der Waals surface area contributed by atoms with Crippen LogP contribution in [0.15, 0.2) is 0 Å². The fourth-order valence-corrected chi connectivity index (χ4v) is 1.77. The highest BCUT2D eigenvalue weighted by atomic mass is 16.4. The van der Waals surface area contributed by atoms with Crippen molar-refractivity contribution in [2.75, 3.05) is 0 Å². The Kier molecular flexibility index (Phi) is 9.42. The number of carboxylic acids is 2. The van der Waals surface area contributed by atoms with Crippen LogP contribution >= 0.6 is 0 Å². The van der Waals surface area contributed by atoms with E-state index in [4.69, 9.17) is 21.7 Å². The minimum atomic E-state index is -1.67. The monoisotopic (exact) mass is 389 g/mol. The zero-order valence-electron chi connectivity index (χ0n) is 14.7. The number of amides is 4. The van der Waals surface area contributed by atoms with E-state index in [1.165, 1.54) is 13.8 Å². The number of carboxylic acid groups (broad SMARTS) is 2. The zero-order valence-corrected chi connectivity index (χ0v) is 14.7. The summed E-state index contributed by atoms with van der Waals surface area (Å²) in [6.45, 7) is 2.53. The molecule has 0 radical (unpaired) electrons. The molecule has 0 saturated heterocycles. The number of primary amides is 1. The van der Waals surface area contributed by atoms with Crippen LogP contribution in [0.4, 0.5) is 0 Å². The molecule has 0 rings (SSSR count). The van der Waals surface area contributed by atoms with Gasteiger partial charge in [-0.05, 0) is 13.8 Å². The fraction of sp³-hybridized carbons (Fsp3) is 0.571. The van der Waals surface area contributed by atoms with Gasteiger partial charge in [0.05, 0.1) is 18.9 Å². The number of carbonyl (C=O) groups excluding carboxylic acids is 4. The van der Waals surface area contributed by atoms with Crippen molar-refractivity contribution in [3.63, 3.8) is 0 Å². The molecular formula is C14H23N5O8. The zero-order chi connectivity index (χ0) is 21.3. The first kappa shape index (κ1) is 23.8. The third kappa shape index (κ3) is 9.15. The molecule has 0 aliphatic heterocycles. The predicted molar refractivity (Wildman–Crippen MR) is 88.8 cm³/mol. The first-order valence-electron chi connectivity index (χ1n) is 7.74. The molecule has 27 heavy (non-hydrogen) atoms. The van der Waals surface area contributed by atoms with E-state index in [9.17, 15) is 28.8 Å². The van der Waals surface area contributed by atoms with Crippen molar-refractivity contribution in [1.29, 1.82) is 0 Å². The lowest BCUT2D eigenvalue weighted by molar-refractivity contribution is -0.147. The average molecular weight is 389 g/mol. The van der Waals surface area contributed by atoms with Crippen LogP contribution in [0.3, 0.4) is 0 Å². The molecule has 0 aromatic rings. The Balaban J connectivity index is 4.67. The van der Waals surface area contributed by atoms with Gasteiger partial charge in [0.1, 0.15) is 18.1 Å². The van der Waals surface area contributed by atoms with E-state index in [1.54, 1.807) is 0 Å². The minimum Gasteiger partial charge on any atom is -0.481 e. The fourth-order valence-electron chi connectivity index (χ4n) is 1.77. The van der Waals surface area contributed by atoms with Gasteiger partial charge in [0.25, 0.3) is 0 Å². The van der Waals surface area contributed by atoms with E-state index in [0.717, 1.165) is 0 Å². The van der Waals surface area contributed by atoms with Crippen LogP contribution < -0.4 is 27.4 Å². The molecule has 13 heteroatoms. The molecule has 152 valence electrons. The first-order valence-corrected chi connectivity index (χ1v) is 7.74. The SMILES string of the molecule is CC(NC(=O)C(N)CC(N)=O)C(=O)NC(C)C(=O)NC(CC(=O)O)C(=O)O. The summed E-state index contributed by atoms with van der Waals surface area (Å²) in [6, 6.07) is -5.25. The van der Waals surface area contributed by atoms with Crippen LogP contribution in [0.1, 0.15) is 26.7 Å². The highest BCUT2D eigenvalue weighted by Crippen LogP contribution is 1.96. The van der Waals surface area contributed by atoms with Gasteiger partial charge in [0.2, 0.25) is 23.6 Å². The molecule has 13 nitrogen and oxygen atoms in total. The standard InChI is InChI=1S/C14H23N5O8/c1-5(18-13(25)7(15)3-9(16)20)11(23)17-6(2)12(24)19-8(14(26)27)4-10(21)22/h5-8H,3-4,15H2,1-2H3,(H2,16,20)(H,17,23)(H,18,25)(H,19,24)(H,21,22)(H,26,27). The quantitative estimate of drug-likeness (QED) is 0.183. The van der Waals surface area contributed by atoms with E-state index in [1.807, 2.05) is 5.32 Å². The Labute approximate surface area is 153 Å². The van der Waals surface area contributed by atoms with Crippen LogP contribution in [0.5, 0.6) is 0 Å². The number of hydrogen-bond donors (Lipinski definition) is 7. The molecule has 0 aromatic heterocycles. The topological polar surface area (TPSA) is 231 Å². The summed E-state index contributed by atoms with van der Waals surface area (Å²) in [5, 5.41) is 23.9. The summed E-state index contributed by atoms with van der Waals surface area (Å²) in [7, 11) is 0. The molecule has 0 bridgehead atoms. The Hall–Kier alpha value is -3.22. The molecule has 0 aliphatic carbocycles. The largest absolute Gasteiger partial charge is 0.481 e. The third-order valence-corrected chi connectivity index (χ3v) is 3.26. The second-order valence-corrected chi connectivity index (χ2v) is 5.73. The number of nitrogens with two attached hydrogens (primary N) is 2. The maximum Gasteiger partial charge on any atom is 0.326 e. The Morgan fingerprint density at radius 3 is 1.67 bits per heavy atom.